The van der Waals surface area contributed by atoms with Gasteiger partial charge in [0.05, 0.1) is 31.2 Å². The Bertz CT molecular complexity index is 2410. The molecule has 2 aliphatic heterocycles. The van der Waals surface area contributed by atoms with Gasteiger partial charge in [-0.1, -0.05) is 39.0 Å². The van der Waals surface area contributed by atoms with Crippen LogP contribution in [0.1, 0.15) is 83.6 Å². The Kier molecular flexibility index (Phi) is 14.0. The van der Waals surface area contributed by atoms with Gasteiger partial charge in [-0.05, 0) is 92.1 Å². The quantitative estimate of drug-likeness (QED) is 0.110. The van der Waals surface area contributed by atoms with Gasteiger partial charge in [0.2, 0.25) is 5.36 Å². The molecule has 0 bridgehead atoms. The number of carboxylic acid groups (broad SMARTS) is 1. The van der Waals surface area contributed by atoms with Crippen molar-refractivity contribution in [1.29, 1.82) is 0 Å². The van der Waals surface area contributed by atoms with Crippen LogP contribution in [0.4, 0.5) is 5.69 Å². The Morgan fingerprint density at radius 1 is 0.911 bits per heavy atom. The van der Waals surface area contributed by atoms with Crippen molar-refractivity contribution in [2.75, 3.05) is 36.0 Å². The number of allylic oxidation sites excluding steroid dienone is 5. The average molecular weight is 833 g/mol. The summed E-state index contributed by atoms with van der Waals surface area (Å²) in [5, 5.41) is 10.2. The van der Waals surface area contributed by atoms with Crippen LogP contribution in [0.3, 0.4) is 0 Å². The fourth-order valence-electron chi connectivity index (χ4n) is 7.04. The summed E-state index contributed by atoms with van der Waals surface area (Å²) >= 11 is 0. The Balaban J connectivity index is 1.76. The molecule has 1 aromatic carbocycles. The summed E-state index contributed by atoms with van der Waals surface area (Å²) in [4.78, 5) is 12.7. The minimum absolute atomic E-state index is 0.0433. The van der Waals surface area contributed by atoms with Crippen LogP contribution in [-0.2, 0) is 46.0 Å². The van der Waals surface area contributed by atoms with Gasteiger partial charge in [-0.2, -0.15) is 0 Å². The first-order valence-electron chi connectivity index (χ1n) is 18.1. The minimum atomic E-state index is -4.84. The van der Waals surface area contributed by atoms with E-state index in [-0.39, 0.29) is 44.1 Å². The smallest absolute Gasteiger partial charge is 0.303 e. The number of benzene rings is 2. The fraction of sp³-hybridized carbons (Fsp3) is 0.436. The summed E-state index contributed by atoms with van der Waals surface area (Å²) in [5.41, 5.74) is 2.23. The van der Waals surface area contributed by atoms with Crippen LogP contribution in [0.2, 0.25) is 0 Å². The number of nitrogens with zero attached hydrogens (tertiary/aromatic N) is 2. The number of aliphatic carboxylic acids is 1. The normalized spacial score (nSPS) is 18.1. The van der Waals surface area contributed by atoms with Crippen molar-refractivity contribution in [3.05, 3.63) is 94.7 Å². The summed E-state index contributed by atoms with van der Waals surface area (Å²) in [6.45, 7) is 11.0. The number of hydrogen-bond donors (Lipinski definition) is 1. The van der Waals surface area contributed by atoms with E-state index in [2.05, 4.69) is 20.8 Å². The Morgan fingerprint density at radius 2 is 1.59 bits per heavy atom. The molecule has 14 nitrogen and oxygen atoms in total. The molecule has 1 unspecified atom stereocenters. The molecule has 0 fully saturated rings. The second kappa shape index (κ2) is 17.6. The number of fused-ring (bicyclic) bond motifs is 2. The molecule has 0 radical (unpaired) electrons. The molecule has 1 atom stereocenters. The summed E-state index contributed by atoms with van der Waals surface area (Å²) in [6, 6.07) is 11.6. The molecule has 4 rings (SSSR count). The van der Waals surface area contributed by atoms with Crippen LogP contribution < -0.4 is 14.8 Å². The van der Waals surface area contributed by atoms with E-state index in [1.807, 2.05) is 35.8 Å². The molecule has 2 heterocycles. The molecule has 0 amide bonds. The van der Waals surface area contributed by atoms with E-state index < -0.39 is 58.1 Å². The van der Waals surface area contributed by atoms with Crippen molar-refractivity contribution in [3.63, 3.8) is 0 Å². The van der Waals surface area contributed by atoms with E-state index in [0.717, 1.165) is 16.5 Å². The zero-order valence-electron chi connectivity index (χ0n) is 32.1. The maximum atomic E-state index is 12.0. The highest BCUT2D eigenvalue weighted by atomic mass is 32.2. The molecule has 56 heavy (non-hydrogen) atoms. The van der Waals surface area contributed by atoms with Gasteiger partial charge in [0.25, 0.3) is 0 Å². The molecule has 306 valence electrons. The maximum Gasteiger partial charge on any atom is 0.303 e. The second-order valence-corrected chi connectivity index (χ2v) is 19.4. The zero-order chi connectivity index (χ0) is 41.7. The van der Waals surface area contributed by atoms with Gasteiger partial charge in [-0.25, -0.2) is 29.8 Å². The van der Waals surface area contributed by atoms with Gasteiger partial charge >= 0.3 is 5.97 Å². The highest BCUT2D eigenvalue weighted by molar-refractivity contribution is 7.86. The van der Waals surface area contributed by atoms with Crippen molar-refractivity contribution in [3.8, 4) is 11.3 Å². The van der Waals surface area contributed by atoms with E-state index in [0.29, 0.717) is 41.6 Å². The number of carboxylic acids is 1. The van der Waals surface area contributed by atoms with Gasteiger partial charge < -0.3 is 28.1 Å². The van der Waals surface area contributed by atoms with Crippen LogP contribution in [0.5, 0.6) is 0 Å². The second-order valence-electron chi connectivity index (χ2n) is 15.0. The summed E-state index contributed by atoms with van der Waals surface area (Å²) < 4.78 is 112. The van der Waals surface area contributed by atoms with Crippen LogP contribution in [-0.4, -0.2) is 81.1 Å². The summed E-state index contributed by atoms with van der Waals surface area (Å²) in [7, 11) is -13.7. The molecule has 0 saturated heterocycles. The van der Waals surface area contributed by atoms with Gasteiger partial charge in [-0.3, -0.25) is 4.79 Å². The number of rotatable bonds is 17. The first kappa shape index (κ1) is 44.6. The molecule has 1 aromatic rings. The molecule has 0 aromatic heterocycles. The van der Waals surface area contributed by atoms with Crippen LogP contribution >= 0.6 is 0 Å². The molecule has 1 N–H and O–H groups in total. The van der Waals surface area contributed by atoms with Crippen LogP contribution in [0.15, 0.2) is 81.8 Å². The summed E-state index contributed by atoms with van der Waals surface area (Å²) in [5.74, 6) is -0.968. The van der Waals surface area contributed by atoms with E-state index in [1.54, 1.807) is 42.2 Å². The van der Waals surface area contributed by atoms with Gasteiger partial charge in [-0.15, -0.1) is 0 Å². The lowest BCUT2D eigenvalue weighted by molar-refractivity contribution is -0.137. The lowest BCUT2D eigenvalue weighted by Gasteiger charge is -2.30. The third kappa shape index (κ3) is 11.7. The Hall–Kier alpha value is -4.13. The van der Waals surface area contributed by atoms with E-state index in [4.69, 9.17) is 4.42 Å². The van der Waals surface area contributed by atoms with Crippen molar-refractivity contribution in [2.45, 2.75) is 82.4 Å². The SMILES string of the molecule is CC[N+](CCCS(=O)(=O)[O-])=c1ccc2c(C(C)(C)C)cc(C=CC=CC=C3N(CCCS(=O)(=O)[O-])c4ccc(S(=O)(=O)[O-])cc4C3(C)CCCC(=O)O)oc-2c1. The topological polar surface area (TPSA) is 228 Å². The van der Waals surface area contributed by atoms with E-state index in [1.165, 1.54) is 18.2 Å². The molecule has 0 spiro atoms. The molecule has 17 heteroatoms. The van der Waals surface area contributed by atoms with Crippen LogP contribution in [0.25, 0.3) is 17.4 Å². The third-order valence-electron chi connectivity index (χ3n) is 9.73. The predicted octanol–water partition coefficient (Wildman–Crippen LogP) is 4.73. The Morgan fingerprint density at radius 3 is 2.20 bits per heavy atom. The monoisotopic (exact) mass is 832 g/mol. The average Bonchev–Trinajstić information content (AvgIpc) is 3.30. The third-order valence-corrected chi connectivity index (χ3v) is 12.1. The molecule has 3 aliphatic rings. The minimum Gasteiger partial charge on any atom is -0.748 e. The van der Waals surface area contributed by atoms with Crippen molar-refractivity contribution in [1.82, 2.24) is 4.58 Å². The first-order valence-corrected chi connectivity index (χ1v) is 22.7. The van der Waals surface area contributed by atoms with Gasteiger partial charge in [0.15, 0.2) is 0 Å². The number of anilines is 1. The highest BCUT2D eigenvalue weighted by Gasteiger charge is 2.43. The van der Waals surface area contributed by atoms with Gasteiger partial charge in [0, 0.05) is 59.3 Å². The standard InChI is InChI=1S/C39H50N2O12S3/c1-6-40(21-11-23-54(44,45)46)28-16-18-31-32(38(2,3)4)26-29(53-35(31)25-28)13-8-7-9-14-36-39(5,20-10-15-37(42)43)33-27-30(56(50,51)52)17-19-34(33)41(36)22-12-24-55(47,48)49/h7-9,13-14,16-19,25-27H,6,10-12,15,20-24H2,1-5H3,(H3-,42,43,44,45,46,47,48,49,50,51,52)/p-2. The fourth-order valence-corrected chi connectivity index (χ4v) is 8.50. The molecule has 1 aliphatic carbocycles. The Labute approximate surface area is 329 Å². The largest absolute Gasteiger partial charge is 0.748 e. The number of carbonyl (C=O) groups is 1. The van der Waals surface area contributed by atoms with Crippen molar-refractivity contribution < 1.29 is 53.2 Å². The van der Waals surface area contributed by atoms with E-state index in [9.17, 15) is 48.8 Å². The lowest BCUT2D eigenvalue weighted by atomic mass is 9.77. The molecular formula is C39H48N2O12S3-2. The van der Waals surface area contributed by atoms with Crippen LogP contribution in [0, 0.1) is 0 Å². The molecule has 0 saturated carbocycles. The maximum absolute atomic E-state index is 12.0. The highest BCUT2D eigenvalue weighted by Crippen LogP contribution is 2.51. The zero-order valence-corrected chi connectivity index (χ0v) is 34.5. The van der Waals surface area contributed by atoms with Crippen molar-refractivity contribution >= 4 is 48.1 Å². The predicted molar refractivity (Wildman–Crippen MR) is 210 cm³/mol. The van der Waals surface area contributed by atoms with E-state index >= 15 is 0 Å². The number of hydrogen-bond acceptors (Lipinski definition) is 12. The lowest BCUT2D eigenvalue weighted by Crippen LogP contribution is -2.31. The first-order chi connectivity index (χ1) is 25.9. The molecular weight excluding hydrogens is 785 g/mol. The summed E-state index contributed by atoms with van der Waals surface area (Å²) in [6.07, 6.45) is 9.17. The van der Waals surface area contributed by atoms with Crippen molar-refractivity contribution in [2.24, 2.45) is 0 Å². The van der Waals surface area contributed by atoms with Gasteiger partial charge in [0.1, 0.15) is 34.7 Å².